The molecule has 3 aromatic heterocycles. The highest BCUT2D eigenvalue weighted by molar-refractivity contribution is 5.79. The highest BCUT2D eigenvalue weighted by Crippen LogP contribution is 2.12. The molecule has 0 saturated heterocycles. The average molecular weight is 365 g/mol. The van der Waals surface area contributed by atoms with Crippen molar-refractivity contribution in [3.63, 3.8) is 0 Å². The van der Waals surface area contributed by atoms with Gasteiger partial charge in [-0.05, 0) is 24.3 Å². The first-order valence-corrected chi connectivity index (χ1v) is 8.30. The van der Waals surface area contributed by atoms with Crippen molar-refractivity contribution in [2.75, 3.05) is 6.54 Å². The second-order valence-corrected chi connectivity index (χ2v) is 5.75. The van der Waals surface area contributed by atoms with E-state index in [0.29, 0.717) is 41.5 Å². The van der Waals surface area contributed by atoms with E-state index in [0.717, 1.165) is 0 Å². The Labute approximate surface area is 152 Å². The summed E-state index contributed by atoms with van der Waals surface area (Å²) in [6, 6.07) is 12.4. The largest absolute Gasteiger partial charge is 0.420 e. The van der Waals surface area contributed by atoms with Crippen molar-refractivity contribution in [2.24, 2.45) is 0 Å². The minimum Gasteiger partial charge on any atom is -0.408 e. The molecule has 0 saturated carbocycles. The average Bonchev–Trinajstić information content (AvgIpc) is 3.28. The molecule has 1 aromatic carbocycles. The molecule has 0 unspecified atom stereocenters. The quantitative estimate of drug-likeness (QED) is 0.549. The van der Waals surface area contributed by atoms with Crippen LogP contribution >= 0.6 is 0 Å². The van der Waals surface area contributed by atoms with Crippen molar-refractivity contribution in [3.05, 3.63) is 65.1 Å². The van der Waals surface area contributed by atoms with E-state index in [1.807, 2.05) is 6.07 Å². The number of fused-ring (bicyclic) bond motifs is 1. The molecule has 4 aromatic rings. The molecule has 0 aliphatic carbocycles. The predicted octanol–water partition coefficient (Wildman–Crippen LogP) is 1.40. The van der Waals surface area contributed by atoms with Crippen LogP contribution in [-0.2, 0) is 17.8 Å². The van der Waals surface area contributed by atoms with Crippen LogP contribution in [0.4, 0.5) is 0 Å². The smallest absolute Gasteiger partial charge is 0.408 e. The Morgan fingerprint density at radius 3 is 2.85 bits per heavy atom. The van der Waals surface area contributed by atoms with E-state index in [-0.39, 0.29) is 12.5 Å². The first-order valence-electron chi connectivity index (χ1n) is 8.30. The molecule has 27 heavy (non-hydrogen) atoms. The monoisotopic (exact) mass is 365 g/mol. The highest BCUT2D eigenvalue weighted by atomic mass is 16.5. The van der Waals surface area contributed by atoms with Crippen LogP contribution in [0, 0.1) is 0 Å². The van der Waals surface area contributed by atoms with Crippen LogP contribution in [0.3, 0.4) is 0 Å². The van der Waals surface area contributed by atoms with Gasteiger partial charge in [0, 0.05) is 19.2 Å². The number of para-hydroxylation sites is 2. The van der Waals surface area contributed by atoms with Crippen molar-refractivity contribution in [1.82, 2.24) is 25.0 Å². The fraction of sp³-hybridized carbons (Fsp3) is 0.167. The Morgan fingerprint density at radius 1 is 1.15 bits per heavy atom. The molecule has 0 aliphatic rings. The summed E-state index contributed by atoms with van der Waals surface area (Å²) in [6.07, 6.45) is 2.01. The predicted molar refractivity (Wildman–Crippen MR) is 94.7 cm³/mol. The van der Waals surface area contributed by atoms with E-state index < -0.39 is 5.76 Å². The van der Waals surface area contributed by atoms with Gasteiger partial charge in [0.15, 0.2) is 5.58 Å². The van der Waals surface area contributed by atoms with Gasteiger partial charge in [0.25, 0.3) is 0 Å². The number of hydrogen-bond donors (Lipinski definition) is 1. The molecule has 1 N–H and O–H groups in total. The van der Waals surface area contributed by atoms with Crippen LogP contribution < -0.4 is 11.1 Å². The lowest BCUT2D eigenvalue weighted by Crippen LogP contribution is -2.32. The normalized spacial score (nSPS) is 11.0. The van der Waals surface area contributed by atoms with E-state index in [1.54, 1.807) is 42.6 Å². The molecule has 136 valence electrons. The molecule has 0 aliphatic heterocycles. The van der Waals surface area contributed by atoms with Crippen molar-refractivity contribution in [2.45, 2.75) is 13.0 Å². The number of carbonyl (C=O) groups excluding carboxylic acids is 1. The molecule has 3 heterocycles. The third-order valence-corrected chi connectivity index (χ3v) is 3.90. The first-order chi connectivity index (χ1) is 13.2. The van der Waals surface area contributed by atoms with Gasteiger partial charge in [0.05, 0.1) is 5.52 Å². The van der Waals surface area contributed by atoms with Gasteiger partial charge in [-0.1, -0.05) is 23.4 Å². The molecule has 4 rings (SSSR count). The van der Waals surface area contributed by atoms with Crippen molar-refractivity contribution in [3.8, 4) is 11.5 Å². The summed E-state index contributed by atoms with van der Waals surface area (Å²) in [5.74, 6) is -0.0911. The van der Waals surface area contributed by atoms with E-state index in [9.17, 15) is 9.59 Å². The Balaban J connectivity index is 1.34. The van der Waals surface area contributed by atoms with Crippen LogP contribution in [0.15, 0.2) is 62.4 Å². The van der Waals surface area contributed by atoms with Crippen LogP contribution in [0.1, 0.15) is 5.89 Å². The minimum atomic E-state index is -0.566. The Hall–Kier alpha value is -3.75. The van der Waals surface area contributed by atoms with Gasteiger partial charge in [-0.2, -0.15) is 4.98 Å². The molecular weight excluding hydrogens is 350 g/mol. The van der Waals surface area contributed by atoms with Crippen molar-refractivity contribution < 1.29 is 13.7 Å². The van der Waals surface area contributed by atoms with Gasteiger partial charge in [-0.25, -0.2) is 4.79 Å². The maximum absolute atomic E-state index is 12.1. The number of nitrogens with zero attached hydrogens (tertiary/aromatic N) is 4. The zero-order chi connectivity index (χ0) is 18.6. The number of rotatable bonds is 6. The van der Waals surface area contributed by atoms with Gasteiger partial charge in [0.2, 0.25) is 17.6 Å². The lowest BCUT2D eigenvalue weighted by atomic mass is 10.3. The molecule has 0 radical (unpaired) electrons. The van der Waals surface area contributed by atoms with Gasteiger partial charge in [-0.15, -0.1) is 0 Å². The SMILES string of the molecule is O=C(Cn1c(=O)oc2ccccc21)NCCc1nc(-c2ccccn2)no1. The fourth-order valence-corrected chi connectivity index (χ4v) is 2.63. The Bertz CT molecular complexity index is 1130. The summed E-state index contributed by atoms with van der Waals surface area (Å²) in [4.78, 5) is 32.4. The minimum absolute atomic E-state index is 0.126. The Kier molecular flexibility index (Phi) is 4.48. The maximum Gasteiger partial charge on any atom is 0.420 e. The fourth-order valence-electron chi connectivity index (χ4n) is 2.63. The third-order valence-electron chi connectivity index (χ3n) is 3.90. The number of oxazole rings is 1. The molecule has 9 heteroatoms. The van der Waals surface area contributed by atoms with E-state index >= 15 is 0 Å². The molecule has 9 nitrogen and oxygen atoms in total. The second-order valence-electron chi connectivity index (χ2n) is 5.75. The van der Waals surface area contributed by atoms with E-state index in [2.05, 4.69) is 20.4 Å². The highest BCUT2D eigenvalue weighted by Gasteiger charge is 2.13. The van der Waals surface area contributed by atoms with Gasteiger partial charge < -0.3 is 14.3 Å². The third kappa shape index (κ3) is 3.61. The standard InChI is InChI=1S/C18H15N5O4/c24-15(11-23-13-6-1-2-7-14(13)26-18(23)25)20-10-8-16-21-17(22-27-16)12-5-3-4-9-19-12/h1-7,9H,8,10-11H2,(H,20,24). The zero-order valence-corrected chi connectivity index (χ0v) is 14.2. The molecule has 0 atom stereocenters. The number of pyridine rings is 1. The number of aromatic nitrogens is 4. The van der Waals surface area contributed by atoms with E-state index in [4.69, 9.17) is 8.94 Å². The number of hydrogen-bond acceptors (Lipinski definition) is 7. The van der Waals surface area contributed by atoms with Crippen LogP contribution in [0.2, 0.25) is 0 Å². The topological polar surface area (TPSA) is 116 Å². The Morgan fingerprint density at radius 2 is 2.00 bits per heavy atom. The van der Waals surface area contributed by atoms with Crippen LogP contribution in [-0.4, -0.2) is 32.1 Å². The maximum atomic E-state index is 12.1. The molecular formula is C18H15N5O4. The second kappa shape index (κ2) is 7.24. The molecule has 0 spiro atoms. The van der Waals surface area contributed by atoms with Gasteiger partial charge >= 0.3 is 5.76 Å². The lowest BCUT2D eigenvalue weighted by molar-refractivity contribution is -0.121. The van der Waals surface area contributed by atoms with Gasteiger partial charge in [0.1, 0.15) is 12.2 Å². The molecule has 1 amide bonds. The van der Waals surface area contributed by atoms with Crippen molar-refractivity contribution in [1.29, 1.82) is 0 Å². The summed E-state index contributed by atoms with van der Waals surface area (Å²) < 4.78 is 11.6. The number of benzene rings is 1. The molecule has 0 fully saturated rings. The summed E-state index contributed by atoms with van der Waals surface area (Å²) in [7, 11) is 0. The van der Waals surface area contributed by atoms with Crippen LogP contribution in [0.5, 0.6) is 0 Å². The van der Waals surface area contributed by atoms with Gasteiger partial charge in [-0.3, -0.25) is 14.3 Å². The number of carbonyl (C=O) groups is 1. The summed E-state index contributed by atoms with van der Waals surface area (Å²) in [5, 5.41) is 6.60. The van der Waals surface area contributed by atoms with Crippen LogP contribution in [0.25, 0.3) is 22.6 Å². The summed E-state index contributed by atoms with van der Waals surface area (Å²) in [5.41, 5.74) is 1.64. The summed E-state index contributed by atoms with van der Waals surface area (Å²) in [6.45, 7) is 0.173. The summed E-state index contributed by atoms with van der Waals surface area (Å²) >= 11 is 0. The number of nitrogens with one attached hydrogen (secondary N) is 1. The zero-order valence-electron chi connectivity index (χ0n) is 14.2. The van der Waals surface area contributed by atoms with Crippen molar-refractivity contribution >= 4 is 17.0 Å². The number of amides is 1. The first kappa shape index (κ1) is 16.7. The lowest BCUT2D eigenvalue weighted by Gasteiger charge is -2.04. The van der Waals surface area contributed by atoms with E-state index in [1.165, 1.54) is 4.57 Å². The molecule has 0 bridgehead atoms.